The largest absolute Gasteiger partial charge is 0.492 e. The molecule has 0 unspecified atom stereocenters. The quantitative estimate of drug-likeness (QED) is 0.0215. The maximum atomic E-state index is 14.3. The first-order valence-electron chi connectivity index (χ1n) is 30.2. The normalized spacial score (nSPS) is 28.0. The molecule has 4 aliphatic rings. The molecular formula is C56H88N8O28. The Morgan fingerprint density at radius 1 is 0.543 bits per heavy atom. The number of aliphatic hydroxyl groups excluding tert-OH is 11. The average Bonchev–Trinajstić information content (AvgIpc) is 4.22. The zero-order valence-electron chi connectivity index (χ0n) is 50.7. The topological polar surface area (TPSA) is 529 Å². The molecule has 4 heterocycles. The molecule has 0 radical (unpaired) electrons. The molecular weight excluding hydrogens is 1230 g/mol. The van der Waals surface area contributed by atoms with Gasteiger partial charge >= 0.3 is 5.97 Å². The number of amides is 8. The van der Waals surface area contributed by atoms with E-state index in [0.29, 0.717) is 10.8 Å². The number of benzene rings is 1. The van der Waals surface area contributed by atoms with Gasteiger partial charge in [0.05, 0.1) is 71.2 Å². The zero-order chi connectivity index (χ0) is 67.4. The second-order valence-corrected chi connectivity index (χ2v) is 22.0. The number of carbonyl (C=O) groups excluding carboxylic acids is 9. The first-order valence-corrected chi connectivity index (χ1v) is 30.2. The Morgan fingerprint density at radius 2 is 1.02 bits per heavy atom. The molecule has 0 saturated carbocycles. The van der Waals surface area contributed by atoms with Crippen LogP contribution in [0.3, 0.4) is 0 Å². The number of hydrogen-bond acceptors (Lipinski definition) is 29. The molecule has 4 saturated heterocycles. The van der Waals surface area contributed by atoms with Crippen LogP contribution in [0.15, 0.2) is 30.3 Å². The van der Waals surface area contributed by atoms with E-state index in [0.717, 1.165) is 0 Å². The Bertz CT molecular complexity index is 2490. The van der Waals surface area contributed by atoms with Crippen molar-refractivity contribution in [1.82, 2.24) is 41.9 Å². The van der Waals surface area contributed by atoms with E-state index in [1.807, 2.05) is 0 Å². The zero-order valence-corrected chi connectivity index (χ0v) is 50.7. The van der Waals surface area contributed by atoms with Gasteiger partial charge in [0.1, 0.15) is 85.5 Å². The minimum Gasteiger partial charge on any atom is -0.492 e. The van der Waals surface area contributed by atoms with Gasteiger partial charge < -0.3 is 126 Å². The minimum atomic E-state index is -1.76. The van der Waals surface area contributed by atoms with Crippen LogP contribution in [0.2, 0.25) is 0 Å². The SMILES string of the molecule is C[C@@H]1O[C@@H](OCCNC(=O)[C@H](CC(=O)NCCCC[C@@H](C(=O)NCCO[C@H]2O[C@H](CO)[C@@H](O)[C@H](O)[C@@H]2O)N(CC(=O)NCCOc2ccccc2)CC(=O)NCCO[C@H]2O[C@H](CO)[C@@H](O)[C@H](O)[C@@H]2O)NC(=O)CCCCC(=O)ON2C(=O)CCC2=O)[C@@H](O)[C@H](O)[C@@H]1O. The highest BCUT2D eigenvalue weighted by Gasteiger charge is 2.46. The molecule has 0 aromatic heterocycles. The number of unbranched alkanes of at least 4 members (excludes halogenated alkanes) is 2. The lowest BCUT2D eigenvalue weighted by molar-refractivity contribution is -0.300. The van der Waals surface area contributed by atoms with E-state index in [-0.39, 0.29) is 117 Å². The Labute approximate surface area is 528 Å². The maximum absolute atomic E-state index is 14.3. The summed E-state index contributed by atoms with van der Waals surface area (Å²) in [5.41, 5.74) is 0. The second kappa shape index (κ2) is 39.4. The van der Waals surface area contributed by atoms with E-state index in [9.17, 15) is 99.3 Å². The van der Waals surface area contributed by atoms with Crippen molar-refractivity contribution in [3.8, 4) is 5.75 Å². The van der Waals surface area contributed by atoms with Crippen molar-refractivity contribution in [2.24, 2.45) is 0 Å². The van der Waals surface area contributed by atoms with Crippen molar-refractivity contribution in [2.45, 2.75) is 175 Å². The van der Waals surface area contributed by atoms with Gasteiger partial charge in [-0.25, -0.2) is 4.79 Å². The van der Waals surface area contributed by atoms with Crippen molar-refractivity contribution in [2.75, 3.05) is 85.5 Å². The van der Waals surface area contributed by atoms with Gasteiger partial charge in [-0.15, -0.1) is 5.06 Å². The third kappa shape index (κ3) is 24.2. The summed E-state index contributed by atoms with van der Waals surface area (Å²) < 4.78 is 38.3. The monoisotopic (exact) mass is 1320 g/mol. The number of para-hydroxylation sites is 1. The Morgan fingerprint density at radius 3 is 1.57 bits per heavy atom. The number of hydrogen-bond donors (Lipinski definition) is 17. The Hall–Kier alpha value is -6.27. The van der Waals surface area contributed by atoms with Crippen LogP contribution >= 0.6 is 0 Å². The summed E-state index contributed by atoms with van der Waals surface area (Å²) in [5.74, 6) is -6.21. The highest BCUT2D eigenvalue weighted by molar-refractivity contribution is 6.01. The first kappa shape index (κ1) is 76.4. The van der Waals surface area contributed by atoms with E-state index >= 15 is 0 Å². The molecule has 36 heteroatoms. The summed E-state index contributed by atoms with van der Waals surface area (Å²) in [4.78, 5) is 124. The van der Waals surface area contributed by atoms with E-state index in [1.165, 1.54) is 11.8 Å². The molecule has 92 heavy (non-hydrogen) atoms. The molecule has 0 aliphatic carbocycles. The van der Waals surface area contributed by atoms with Crippen molar-refractivity contribution in [3.63, 3.8) is 0 Å². The smallest absolute Gasteiger partial charge is 0.333 e. The molecule has 17 atom stereocenters. The van der Waals surface area contributed by atoms with Crippen LogP contribution < -0.4 is 36.6 Å². The number of aliphatic hydroxyl groups is 11. The van der Waals surface area contributed by atoms with Gasteiger partial charge in [0.2, 0.25) is 35.4 Å². The lowest BCUT2D eigenvalue weighted by Gasteiger charge is -2.39. The third-order valence-corrected chi connectivity index (χ3v) is 15.0. The number of rotatable bonds is 39. The van der Waals surface area contributed by atoms with Crippen LogP contribution in [0.25, 0.3) is 0 Å². The van der Waals surface area contributed by atoms with Crippen molar-refractivity contribution in [3.05, 3.63) is 30.3 Å². The lowest BCUT2D eigenvalue weighted by Crippen LogP contribution is -2.59. The van der Waals surface area contributed by atoms with Crippen molar-refractivity contribution < 1.29 is 137 Å². The molecule has 8 amide bonds. The van der Waals surface area contributed by atoms with Crippen LogP contribution in [0.4, 0.5) is 0 Å². The van der Waals surface area contributed by atoms with Crippen LogP contribution in [0.1, 0.15) is 71.1 Å². The van der Waals surface area contributed by atoms with Gasteiger partial charge in [0.25, 0.3) is 11.8 Å². The summed E-state index contributed by atoms with van der Waals surface area (Å²) in [5, 5.41) is 127. The highest BCUT2D eigenvalue weighted by atomic mass is 16.7. The number of nitrogens with zero attached hydrogens (tertiary/aromatic N) is 2. The first-order chi connectivity index (χ1) is 43.9. The van der Waals surface area contributed by atoms with Crippen LogP contribution in [0, 0.1) is 0 Å². The fourth-order valence-electron chi connectivity index (χ4n) is 9.76. The summed E-state index contributed by atoms with van der Waals surface area (Å²) in [6.07, 6.45) is -24.1. The Balaban J connectivity index is 1.24. The molecule has 17 N–H and O–H groups in total. The second-order valence-electron chi connectivity index (χ2n) is 22.0. The lowest BCUT2D eigenvalue weighted by atomic mass is 9.99. The number of ether oxygens (including phenoxy) is 7. The summed E-state index contributed by atoms with van der Waals surface area (Å²) in [6, 6.07) is 5.85. The van der Waals surface area contributed by atoms with E-state index in [4.69, 9.17) is 38.0 Å². The van der Waals surface area contributed by atoms with Crippen molar-refractivity contribution >= 4 is 53.2 Å². The fourth-order valence-corrected chi connectivity index (χ4v) is 9.76. The van der Waals surface area contributed by atoms with Gasteiger partial charge in [0.15, 0.2) is 18.9 Å². The fraction of sp³-hybridized carbons (Fsp3) is 0.732. The molecule has 1 aromatic rings. The molecule has 5 rings (SSSR count). The number of nitrogens with one attached hydrogen (secondary N) is 6. The summed E-state index contributed by atoms with van der Waals surface area (Å²) in [6.45, 7) is -3.16. The Kier molecular flexibility index (Phi) is 32.8. The molecule has 520 valence electrons. The van der Waals surface area contributed by atoms with Gasteiger partial charge in [-0.05, 0) is 51.2 Å². The van der Waals surface area contributed by atoms with Gasteiger partial charge in [-0.2, -0.15) is 0 Å². The van der Waals surface area contributed by atoms with E-state index < -0.39 is 190 Å². The third-order valence-electron chi connectivity index (χ3n) is 15.0. The summed E-state index contributed by atoms with van der Waals surface area (Å²) in [7, 11) is 0. The standard InChI is InChI=1S/C56H88N8O28/c1-30-43(74)46(77)49(80)54(89-30)86-23-19-60-52(83)32(62-36(67)12-5-6-13-42(73)92-64-40(71)14-15-41(64)72)25-37(68)57-16-8-7-11-33(53(84)61-20-24-88-56-51(82)48(79)45(76)35(29-66)91-56)63(26-38(69)58-17-21-85-31-9-3-2-4-10-31)27-39(70)59-18-22-87-55-50(81)47(78)44(75)34(28-65)90-55/h2-4,9-10,30,32-35,43-51,54-56,65-66,74-82H,5-8,11-29H2,1H3,(H,57,68)(H,58,69)(H,59,70)(H,60,83)(H,61,84)(H,62,67)/t30-,32-,33-,34+,35+,43+,44+,45+,46+,47-,48-,49-,50-,51-,54+,55-,56-/m0/s1. The highest BCUT2D eigenvalue weighted by Crippen LogP contribution is 2.25. The van der Waals surface area contributed by atoms with E-state index in [1.54, 1.807) is 30.3 Å². The maximum Gasteiger partial charge on any atom is 0.333 e. The predicted octanol–water partition coefficient (Wildman–Crippen LogP) is -8.99. The average molecular weight is 1320 g/mol. The van der Waals surface area contributed by atoms with Gasteiger partial charge in [-0.3, -0.25) is 43.3 Å². The van der Waals surface area contributed by atoms with Crippen LogP contribution in [-0.2, 0) is 76.4 Å². The van der Waals surface area contributed by atoms with E-state index in [2.05, 4.69) is 31.9 Å². The van der Waals surface area contributed by atoms with Crippen LogP contribution in [-0.4, -0.2) is 309 Å². The predicted molar refractivity (Wildman–Crippen MR) is 306 cm³/mol. The van der Waals surface area contributed by atoms with Crippen molar-refractivity contribution in [1.29, 1.82) is 0 Å². The molecule has 0 spiro atoms. The molecule has 1 aromatic carbocycles. The van der Waals surface area contributed by atoms with Gasteiger partial charge in [-0.1, -0.05) is 18.2 Å². The van der Waals surface area contributed by atoms with Crippen LogP contribution in [0.5, 0.6) is 5.75 Å². The molecule has 0 bridgehead atoms. The minimum absolute atomic E-state index is 0.0132. The number of carbonyl (C=O) groups is 9. The molecule has 4 aliphatic heterocycles. The molecule has 36 nitrogen and oxygen atoms in total. The number of hydroxylamine groups is 2. The molecule has 4 fully saturated rings. The summed E-state index contributed by atoms with van der Waals surface area (Å²) >= 11 is 0. The number of imide groups is 1. The van der Waals surface area contributed by atoms with Gasteiger partial charge in [0, 0.05) is 51.9 Å².